The van der Waals surface area contributed by atoms with Gasteiger partial charge in [-0.3, -0.25) is 9.59 Å². The van der Waals surface area contributed by atoms with Crippen molar-refractivity contribution in [1.82, 2.24) is 4.90 Å². The Hall–Kier alpha value is -1.91. The van der Waals surface area contributed by atoms with Crippen LogP contribution in [0.25, 0.3) is 0 Å². The molecule has 5 heteroatoms. The smallest absolute Gasteiger partial charge is 0.308 e. The Bertz CT molecular complexity index is 544. The molecular formula is C16H20FNO3. The second-order valence-electron chi connectivity index (χ2n) is 5.89. The number of halogens is 1. The zero-order valence-corrected chi connectivity index (χ0v) is 12.3. The summed E-state index contributed by atoms with van der Waals surface area (Å²) in [5.41, 5.74) is 0.290. The lowest BCUT2D eigenvalue weighted by Crippen LogP contribution is -2.47. The number of rotatable bonds is 4. The number of carbonyl (C=O) groups excluding carboxylic acids is 1. The van der Waals surface area contributed by atoms with Crippen LogP contribution in [0.4, 0.5) is 4.39 Å². The largest absolute Gasteiger partial charge is 0.481 e. The molecule has 114 valence electrons. The van der Waals surface area contributed by atoms with Gasteiger partial charge in [-0.2, -0.15) is 0 Å². The monoisotopic (exact) mass is 293 g/mol. The Balaban J connectivity index is 2.46. The number of piperidine rings is 1. The van der Waals surface area contributed by atoms with E-state index < -0.39 is 23.7 Å². The first-order chi connectivity index (χ1) is 9.91. The lowest BCUT2D eigenvalue weighted by Gasteiger charge is -2.40. The van der Waals surface area contributed by atoms with Gasteiger partial charge in [0.25, 0.3) is 0 Å². The maximum Gasteiger partial charge on any atom is 0.308 e. The molecule has 4 nitrogen and oxygen atoms in total. The fourth-order valence-corrected chi connectivity index (χ4v) is 2.92. The average Bonchev–Trinajstić information content (AvgIpc) is 2.41. The highest BCUT2D eigenvalue weighted by Gasteiger charge is 2.41. The van der Waals surface area contributed by atoms with Gasteiger partial charge >= 0.3 is 5.97 Å². The topological polar surface area (TPSA) is 57.6 Å². The normalized spacial score (nSPS) is 22.7. The predicted molar refractivity (Wildman–Crippen MR) is 76.1 cm³/mol. The molecule has 1 amide bonds. The average molecular weight is 293 g/mol. The summed E-state index contributed by atoms with van der Waals surface area (Å²) < 4.78 is 14.1. The van der Waals surface area contributed by atoms with Gasteiger partial charge in [-0.25, -0.2) is 4.39 Å². The zero-order chi connectivity index (χ0) is 15.6. The first kappa shape index (κ1) is 15.5. The number of hydrogen-bond acceptors (Lipinski definition) is 2. The first-order valence-electron chi connectivity index (χ1n) is 7.18. The number of carboxylic acids is 1. The molecule has 0 radical (unpaired) electrons. The van der Waals surface area contributed by atoms with E-state index in [0.717, 1.165) is 0 Å². The number of carboxylic acid groups (broad SMARTS) is 1. The number of carbonyl (C=O) groups is 2. The molecular weight excluding hydrogens is 273 g/mol. The van der Waals surface area contributed by atoms with Crippen LogP contribution in [0.2, 0.25) is 0 Å². The van der Waals surface area contributed by atoms with Crippen LogP contribution >= 0.6 is 0 Å². The number of amides is 1. The van der Waals surface area contributed by atoms with Gasteiger partial charge in [0, 0.05) is 18.5 Å². The molecule has 2 unspecified atom stereocenters. The summed E-state index contributed by atoms with van der Waals surface area (Å²) in [5.74, 6) is -2.12. The molecule has 0 aromatic heterocycles. The molecule has 1 saturated heterocycles. The number of benzene rings is 1. The van der Waals surface area contributed by atoms with Gasteiger partial charge in [-0.05, 0) is 18.4 Å². The molecule has 0 saturated carbocycles. The van der Waals surface area contributed by atoms with Gasteiger partial charge in [0.2, 0.25) is 5.91 Å². The van der Waals surface area contributed by atoms with Crippen LogP contribution in [0.5, 0.6) is 0 Å². The Labute approximate surface area is 123 Å². The van der Waals surface area contributed by atoms with E-state index in [1.807, 2.05) is 13.8 Å². The van der Waals surface area contributed by atoms with Crippen molar-refractivity contribution in [3.05, 3.63) is 35.6 Å². The fraction of sp³-hybridized carbons (Fsp3) is 0.500. The molecule has 0 aliphatic carbocycles. The van der Waals surface area contributed by atoms with E-state index in [9.17, 15) is 19.1 Å². The third kappa shape index (κ3) is 3.23. The van der Waals surface area contributed by atoms with Crippen molar-refractivity contribution in [3.63, 3.8) is 0 Å². The fourth-order valence-electron chi connectivity index (χ4n) is 2.92. The van der Waals surface area contributed by atoms with Gasteiger partial charge in [0.05, 0.1) is 12.0 Å². The van der Waals surface area contributed by atoms with E-state index >= 15 is 0 Å². The van der Waals surface area contributed by atoms with Crippen molar-refractivity contribution in [2.45, 2.75) is 32.7 Å². The molecule has 1 aliphatic heterocycles. The number of nitrogens with zero attached hydrogens (tertiary/aromatic N) is 1. The molecule has 1 N–H and O–H groups in total. The summed E-state index contributed by atoms with van der Waals surface area (Å²) in [4.78, 5) is 25.3. The maximum absolute atomic E-state index is 14.1. The maximum atomic E-state index is 14.1. The minimum atomic E-state index is -0.982. The summed E-state index contributed by atoms with van der Waals surface area (Å²) in [6.07, 6.45) is 0.455. The van der Waals surface area contributed by atoms with Crippen LogP contribution in [0.15, 0.2) is 24.3 Å². The highest BCUT2D eigenvalue weighted by atomic mass is 19.1. The molecule has 21 heavy (non-hydrogen) atoms. The van der Waals surface area contributed by atoms with Crippen molar-refractivity contribution in [1.29, 1.82) is 0 Å². The van der Waals surface area contributed by atoms with Gasteiger partial charge in [-0.1, -0.05) is 32.0 Å². The van der Waals surface area contributed by atoms with Crippen LogP contribution in [-0.4, -0.2) is 28.4 Å². The van der Waals surface area contributed by atoms with Crippen LogP contribution in [0.3, 0.4) is 0 Å². The van der Waals surface area contributed by atoms with E-state index in [1.54, 1.807) is 18.2 Å². The predicted octanol–water partition coefficient (Wildman–Crippen LogP) is 2.85. The molecule has 1 aromatic carbocycles. The molecule has 0 spiro atoms. The molecule has 1 fully saturated rings. The van der Waals surface area contributed by atoms with Crippen molar-refractivity contribution in [2.75, 3.05) is 6.54 Å². The van der Waals surface area contributed by atoms with E-state index in [0.29, 0.717) is 12.1 Å². The van der Waals surface area contributed by atoms with Gasteiger partial charge in [-0.15, -0.1) is 0 Å². The zero-order valence-electron chi connectivity index (χ0n) is 12.3. The Kier molecular flexibility index (Phi) is 4.60. The Morgan fingerprint density at radius 1 is 1.43 bits per heavy atom. The molecule has 1 aromatic rings. The van der Waals surface area contributed by atoms with Crippen molar-refractivity contribution in [3.8, 4) is 0 Å². The lowest BCUT2D eigenvalue weighted by atomic mass is 9.83. The summed E-state index contributed by atoms with van der Waals surface area (Å²) >= 11 is 0. The van der Waals surface area contributed by atoms with E-state index in [-0.39, 0.29) is 24.7 Å². The van der Waals surface area contributed by atoms with Crippen LogP contribution in [-0.2, 0) is 9.59 Å². The third-order valence-electron chi connectivity index (χ3n) is 3.81. The molecule has 1 heterocycles. The summed E-state index contributed by atoms with van der Waals surface area (Å²) in [5, 5.41) is 9.44. The Morgan fingerprint density at radius 3 is 2.67 bits per heavy atom. The van der Waals surface area contributed by atoms with Gasteiger partial charge in [0.1, 0.15) is 5.82 Å². The minimum Gasteiger partial charge on any atom is -0.481 e. The summed E-state index contributed by atoms with van der Waals surface area (Å²) in [6.45, 7) is 4.34. The molecule has 2 rings (SSSR count). The molecule has 0 bridgehead atoms. The van der Waals surface area contributed by atoms with E-state index in [1.165, 1.54) is 11.0 Å². The standard InChI is InChI=1S/C16H20FNO3/c1-10(2)9-18-14(19)8-7-12(16(20)21)15(18)11-5-3-4-6-13(11)17/h3-6,10,12,15H,7-9H2,1-2H3,(H,20,21). The lowest BCUT2D eigenvalue weighted by molar-refractivity contribution is -0.152. The highest BCUT2D eigenvalue weighted by molar-refractivity contribution is 5.81. The van der Waals surface area contributed by atoms with Crippen molar-refractivity contribution < 1.29 is 19.1 Å². The number of aliphatic carboxylic acids is 1. The van der Waals surface area contributed by atoms with Crippen LogP contribution in [0, 0.1) is 17.7 Å². The second-order valence-corrected chi connectivity index (χ2v) is 5.89. The summed E-state index contributed by atoms with van der Waals surface area (Å²) in [6, 6.07) is 5.38. The van der Waals surface area contributed by atoms with Gasteiger partial charge in [0.15, 0.2) is 0 Å². The SMILES string of the molecule is CC(C)CN1C(=O)CCC(C(=O)O)C1c1ccccc1F. The first-order valence-corrected chi connectivity index (χ1v) is 7.18. The number of hydrogen-bond donors (Lipinski definition) is 1. The van der Waals surface area contributed by atoms with Crippen molar-refractivity contribution >= 4 is 11.9 Å². The molecule has 1 aliphatic rings. The minimum absolute atomic E-state index is 0.102. The number of likely N-dealkylation sites (tertiary alicyclic amines) is 1. The third-order valence-corrected chi connectivity index (χ3v) is 3.81. The molecule has 2 atom stereocenters. The van der Waals surface area contributed by atoms with Gasteiger partial charge < -0.3 is 10.0 Å². The quantitative estimate of drug-likeness (QED) is 0.928. The van der Waals surface area contributed by atoms with E-state index in [4.69, 9.17) is 0 Å². The Morgan fingerprint density at radius 2 is 2.10 bits per heavy atom. The summed E-state index contributed by atoms with van der Waals surface area (Å²) in [7, 11) is 0. The highest BCUT2D eigenvalue weighted by Crippen LogP contribution is 2.38. The van der Waals surface area contributed by atoms with Crippen LogP contribution < -0.4 is 0 Å². The van der Waals surface area contributed by atoms with E-state index in [2.05, 4.69) is 0 Å². The second kappa shape index (κ2) is 6.24. The van der Waals surface area contributed by atoms with Crippen molar-refractivity contribution in [2.24, 2.45) is 11.8 Å². The van der Waals surface area contributed by atoms with Crippen LogP contribution in [0.1, 0.15) is 38.3 Å².